The Labute approximate surface area is 70.5 Å². The third-order valence-corrected chi connectivity index (χ3v) is 0.348. The molecule has 0 aliphatic heterocycles. The highest BCUT2D eigenvalue weighted by atomic mass is 16.6. The van der Waals surface area contributed by atoms with Crippen LogP contribution < -0.4 is 22.5 Å². The molecule has 0 saturated carbocycles. The molecule has 0 aliphatic carbocycles. The predicted octanol–water partition coefficient (Wildman–Crippen LogP) is -1.13. The van der Waals surface area contributed by atoms with Crippen molar-refractivity contribution < 1.29 is 24.5 Å². The number of hydrogen-bond acceptors (Lipinski definition) is 5. The Balaban J connectivity index is -0.0000000483. The second-order valence-electron chi connectivity index (χ2n) is 1.17. The lowest BCUT2D eigenvalue weighted by atomic mass is 10.8. The van der Waals surface area contributed by atoms with Crippen LogP contribution in [0.4, 0.5) is 4.79 Å². The van der Waals surface area contributed by atoms with Crippen LogP contribution in [-0.4, -0.2) is 18.7 Å². The second-order valence-corrected chi connectivity index (χ2v) is 1.17. The predicted molar refractivity (Wildman–Crippen MR) is 39.7 cm³/mol. The molecule has 0 aromatic heterocycles. The molecule has 0 saturated heterocycles. The van der Waals surface area contributed by atoms with E-state index in [-0.39, 0.29) is 18.3 Å². The number of rotatable bonds is 1. The molecule has 0 radical (unpaired) electrons. The number of ether oxygens (including phenoxy) is 1. The molecule has 0 amide bonds. The monoisotopic (exact) mass is 184 g/mol. The van der Waals surface area contributed by atoms with Crippen LogP contribution in [0.3, 0.4) is 0 Å². The van der Waals surface area contributed by atoms with Gasteiger partial charge >= 0.3 is 5.97 Å². The van der Waals surface area contributed by atoms with Gasteiger partial charge in [-0.3, -0.25) is 4.79 Å². The van der Waals surface area contributed by atoms with Gasteiger partial charge in [0.2, 0.25) is 0 Å². The van der Waals surface area contributed by atoms with Crippen molar-refractivity contribution in [2.75, 3.05) is 6.61 Å². The summed E-state index contributed by atoms with van der Waals surface area (Å²) >= 11 is 0. The molecule has 12 heavy (non-hydrogen) atoms. The van der Waals surface area contributed by atoms with Crippen LogP contribution in [0.2, 0.25) is 0 Å². The Hall–Kier alpha value is -1.34. The fraction of sp³-hybridized carbons (Fsp3) is 0.600. The third-order valence-electron chi connectivity index (χ3n) is 0.348. The molecular formula is C5H16N2O5. The number of carboxylic acid groups (broad SMARTS) is 2. The normalized spacial score (nSPS) is 5.83. The van der Waals surface area contributed by atoms with Gasteiger partial charge < -0.3 is 32.0 Å². The summed E-state index contributed by atoms with van der Waals surface area (Å²) in [5.74, 6) is -0.211. The minimum atomic E-state index is -2.33. The summed E-state index contributed by atoms with van der Waals surface area (Å²) in [7, 11) is 0. The van der Waals surface area contributed by atoms with E-state index < -0.39 is 6.16 Å². The van der Waals surface area contributed by atoms with E-state index in [4.69, 9.17) is 15.0 Å². The minimum Gasteiger partial charge on any atom is -0.652 e. The van der Waals surface area contributed by atoms with Crippen molar-refractivity contribution in [2.45, 2.75) is 13.8 Å². The van der Waals surface area contributed by atoms with Crippen LogP contribution in [0.5, 0.6) is 0 Å². The molecular weight excluding hydrogens is 168 g/mol. The molecule has 7 heteroatoms. The Morgan fingerprint density at radius 3 is 1.50 bits per heavy atom. The molecule has 76 valence electrons. The van der Waals surface area contributed by atoms with Gasteiger partial charge in [-0.1, -0.05) is 0 Å². The average Bonchev–Trinajstić information content (AvgIpc) is 1.62. The lowest BCUT2D eigenvalue weighted by Crippen LogP contribution is -2.37. The summed E-state index contributed by atoms with van der Waals surface area (Å²) < 4.78 is 4.40. The highest BCUT2D eigenvalue weighted by Gasteiger charge is 1.81. The van der Waals surface area contributed by atoms with E-state index in [9.17, 15) is 4.79 Å². The Morgan fingerprint density at radius 1 is 1.25 bits per heavy atom. The first-order chi connectivity index (χ1) is 4.50. The highest BCUT2D eigenvalue weighted by molar-refractivity contribution is 5.65. The average molecular weight is 184 g/mol. The maximum atomic E-state index is 9.82. The summed E-state index contributed by atoms with van der Waals surface area (Å²) in [6.45, 7) is 3.65. The largest absolute Gasteiger partial charge is 0.652 e. The van der Waals surface area contributed by atoms with Gasteiger partial charge in [-0.2, -0.15) is 0 Å². The zero-order chi connectivity index (χ0) is 8.57. The molecule has 8 N–H and O–H groups in total. The van der Waals surface area contributed by atoms with Crippen LogP contribution in [0.15, 0.2) is 0 Å². The fourth-order valence-electron chi connectivity index (χ4n) is 0.203. The Kier molecular flexibility index (Phi) is 30.5. The van der Waals surface area contributed by atoms with Gasteiger partial charge in [0.15, 0.2) is 0 Å². The molecule has 0 heterocycles. The van der Waals surface area contributed by atoms with Gasteiger partial charge in [-0.15, -0.1) is 0 Å². The highest BCUT2D eigenvalue weighted by Crippen LogP contribution is 1.69. The summed E-state index contributed by atoms with van der Waals surface area (Å²) in [6.07, 6.45) is -2.33. The number of hydrogen-bond donors (Lipinski definition) is 2. The maximum absolute atomic E-state index is 9.82. The summed E-state index contributed by atoms with van der Waals surface area (Å²) in [5.41, 5.74) is 0. The van der Waals surface area contributed by atoms with E-state index in [1.165, 1.54) is 6.92 Å². The molecule has 0 spiro atoms. The summed E-state index contributed by atoms with van der Waals surface area (Å²) in [5, 5.41) is 16.7. The van der Waals surface area contributed by atoms with E-state index in [0.29, 0.717) is 6.61 Å². The van der Waals surface area contributed by atoms with Crippen LogP contribution >= 0.6 is 0 Å². The number of carbonyl (C=O) groups excluding carboxylic acids is 2. The smallest absolute Gasteiger partial charge is 0.302 e. The molecule has 0 unspecified atom stereocenters. The summed E-state index contributed by atoms with van der Waals surface area (Å²) in [6, 6.07) is 0. The molecule has 7 nitrogen and oxygen atoms in total. The van der Waals surface area contributed by atoms with Crippen molar-refractivity contribution in [3.05, 3.63) is 0 Å². The van der Waals surface area contributed by atoms with Crippen LogP contribution in [-0.2, 0) is 9.53 Å². The van der Waals surface area contributed by atoms with Crippen LogP contribution in [0.1, 0.15) is 13.8 Å². The molecule has 0 atom stereocenters. The van der Waals surface area contributed by atoms with Crippen molar-refractivity contribution in [1.82, 2.24) is 12.3 Å². The van der Waals surface area contributed by atoms with E-state index in [0.717, 1.165) is 0 Å². The van der Waals surface area contributed by atoms with Gasteiger partial charge in [-0.25, -0.2) is 0 Å². The topological polar surface area (TPSA) is 162 Å². The quantitative estimate of drug-likeness (QED) is 0.492. The third kappa shape index (κ3) is 184. The van der Waals surface area contributed by atoms with Gasteiger partial charge in [0.1, 0.15) is 0 Å². The maximum Gasteiger partial charge on any atom is 0.302 e. The van der Waals surface area contributed by atoms with Crippen LogP contribution in [0.25, 0.3) is 0 Å². The van der Waals surface area contributed by atoms with E-state index in [1.54, 1.807) is 6.92 Å². The van der Waals surface area contributed by atoms with Crippen molar-refractivity contribution in [3.63, 3.8) is 0 Å². The zero-order valence-electron chi connectivity index (χ0n) is 7.75. The zero-order valence-corrected chi connectivity index (χ0v) is 7.75. The van der Waals surface area contributed by atoms with Crippen molar-refractivity contribution in [2.24, 2.45) is 0 Å². The summed E-state index contributed by atoms with van der Waals surface area (Å²) in [4.78, 5) is 18.2. The lowest BCUT2D eigenvalue weighted by Gasteiger charge is -1.96. The van der Waals surface area contributed by atoms with Crippen molar-refractivity contribution in [1.29, 1.82) is 0 Å². The molecule has 0 bridgehead atoms. The Bertz CT molecular complexity index is 112. The van der Waals surface area contributed by atoms with Crippen molar-refractivity contribution in [3.8, 4) is 0 Å². The molecule has 0 aliphatic rings. The first-order valence-electron chi connectivity index (χ1n) is 2.52. The molecule has 0 fully saturated rings. The van der Waals surface area contributed by atoms with Crippen molar-refractivity contribution >= 4 is 12.1 Å². The SMILES string of the molecule is CCOC(C)=O.O=C([O-])[O-].[NH4+].[NH4+]. The van der Waals surface area contributed by atoms with E-state index >= 15 is 0 Å². The molecule has 0 rings (SSSR count). The first kappa shape index (κ1) is 22.4. The second kappa shape index (κ2) is 16.3. The minimum absolute atomic E-state index is 0. The number of esters is 1. The standard InChI is InChI=1S/C4H8O2.CH2O3.2H3N/c1-3-6-4(2)5;2-1(3)4;;/h3H2,1-2H3;(H2,2,3,4);2*1H3. The van der Waals surface area contributed by atoms with Gasteiger partial charge in [-0.05, 0) is 13.1 Å². The van der Waals surface area contributed by atoms with E-state index in [2.05, 4.69) is 4.74 Å². The fourth-order valence-corrected chi connectivity index (χ4v) is 0.203. The number of quaternary nitrogens is 2. The molecule has 0 aromatic rings. The van der Waals surface area contributed by atoms with Gasteiger partial charge in [0.25, 0.3) is 0 Å². The van der Waals surface area contributed by atoms with Gasteiger partial charge in [0.05, 0.1) is 6.61 Å². The van der Waals surface area contributed by atoms with Gasteiger partial charge in [0, 0.05) is 6.92 Å². The number of carbonyl (C=O) groups is 2. The van der Waals surface area contributed by atoms with Crippen LogP contribution in [0, 0.1) is 0 Å². The first-order valence-corrected chi connectivity index (χ1v) is 2.52. The molecule has 0 aromatic carbocycles. The van der Waals surface area contributed by atoms with E-state index in [1.807, 2.05) is 0 Å². The lowest BCUT2D eigenvalue weighted by molar-refractivity contribution is -0.415. The Morgan fingerprint density at radius 2 is 1.50 bits per heavy atom.